The van der Waals surface area contributed by atoms with Crippen molar-refractivity contribution in [3.63, 3.8) is 0 Å². The van der Waals surface area contributed by atoms with Crippen LogP contribution in [0.5, 0.6) is 5.75 Å². The zero-order valence-corrected chi connectivity index (χ0v) is 18.9. The van der Waals surface area contributed by atoms with E-state index in [1.807, 2.05) is 25.1 Å². The minimum absolute atomic E-state index is 0.0309. The molecule has 7 nitrogen and oxygen atoms in total. The molecule has 1 aromatic carbocycles. The van der Waals surface area contributed by atoms with Crippen LogP contribution in [0, 0.1) is 6.92 Å². The summed E-state index contributed by atoms with van der Waals surface area (Å²) >= 11 is 0. The lowest BCUT2D eigenvalue weighted by molar-refractivity contribution is 0.0932. The van der Waals surface area contributed by atoms with Gasteiger partial charge in [0.15, 0.2) is 5.65 Å². The van der Waals surface area contributed by atoms with Crippen molar-refractivity contribution in [1.82, 2.24) is 19.9 Å². The second kappa shape index (κ2) is 8.81. The standard InChI is InChI=1S/C25H31N5O2/c1-17-16-21(23-24(26-17)30-13-5-3-4-6-22(30)28-23)25(31)27-18-11-14-29(15-12-18)19-7-9-20(32-2)10-8-19/h7-10,16,18H,3-6,11-15H2,1-2H3,(H,27,31). The van der Waals surface area contributed by atoms with Gasteiger partial charge in [-0.15, -0.1) is 0 Å². The SMILES string of the molecule is COc1ccc(N2CCC(NC(=O)c3cc(C)nc4c3nc3n4CCCCC3)CC2)cc1. The molecule has 0 aliphatic carbocycles. The number of anilines is 1. The molecule has 0 atom stereocenters. The lowest BCUT2D eigenvalue weighted by atomic mass is 10.0. The van der Waals surface area contributed by atoms with Gasteiger partial charge in [-0.05, 0) is 62.9 Å². The van der Waals surface area contributed by atoms with Crippen LogP contribution in [0.25, 0.3) is 11.2 Å². The fraction of sp³-hybridized carbons (Fsp3) is 0.480. The van der Waals surface area contributed by atoms with Crippen LogP contribution in [0.15, 0.2) is 30.3 Å². The van der Waals surface area contributed by atoms with Gasteiger partial charge in [-0.25, -0.2) is 9.97 Å². The number of hydrogen-bond donors (Lipinski definition) is 1. The summed E-state index contributed by atoms with van der Waals surface area (Å²) in [4.78, 5) is 25.2. The van der Waals surface area contributed by atoms with Crippen molar-refractivity contribution in [1.29, 1.82) is 0 Å². The van der Waals surface area contributed by atoms with Crippen molar-refractivity contribution >= 4 is 22.8 Å². The number of carbonyl (C=O) groups excluding carboxylic acids is 1. The normalized spacial score (nSPS) is 17.1. The summed E-state index contributed by atoms with van der Waals surface area (Å²) in [5.41, 5.74) is 4.33. The van der Waals surface area contributed by atoms with Crippen LogP contribution in [-0.2, 0) is 13.0 Å². The fourth-order valence-electron chi connectivity index (χ4n) is 4.93. The van der Waals surface area contributed by atoms with E-state index in [2.05, 4.69) is 26.9 Å². The number of carbonyl (C=O) groups is 1. The minimum atomic E-state index is -0.0309. The van der Waals surface area contributed by atoms with Crippen molar-refractivity contribution in [2.24, 2.45) is 0 Å². The topological polar surface area (TPSA) is 72.3 Å². The predicted molar refractivity (Wildman–Crippen MR) is 126 cm³/mol. The number of piperidine rings is 1. The Balaban J connectivity index is 1.29. The van der Waals surface area contributed by atoms with E-state index < -0.39 is 0 Å². The molecule has 0 bridgehead atoms. The van der Waals surface area contributed by atoms with Crippen LogP contribution in [-0.4, -0.2) is 46.7 Å². The van der Waals surface area contributed by atoms with Crippen molar-refractivity contribution < 1.29 is 9.53 Å². The monoisotopic (exact) mass is 433 g/mol. The van der Waals surface area contributed by atoms with E-state index in [-0.39, 0.29) is 11.9 Å². The number of ether oxygens (including phenoxy) is 1. The Kier molecular flexibility index (Phi) is 5.72. The largest absolute Gasteiger partial charge is 0.497 e. The molecule has 0 saturated carbocycles. The van der Waals surface area contributed by atoms with Crippen LogP contribution in [0.3, 0.4) is 0 Å². The molecule has 0 spiro atoms. The van der Waals surface area contributed by atoms with E-state index in [0.717, 1.165) is 80.2 Å². The third kappa shape index (κ3) is 4.04. The molecule has 2 aliphatic heterocycles. The molecule has 1 N–H and O–H groups in total. The summed E-state index contributed by atoms with van der Waals surface area (Å²) in [5.74, 6) is 1.90. The Morgan fingerprint density at radius 3 is 2.59 bits per heavy atom. The Labute approximate surface area is 188 Å². The second-order valence-corrected chi connectivity index (χ2v) is 8.91. The maximum absolute atomic E-state index is 13.3. The van der Waals surface area contributed by atoms with Crippen molar-refractivity contribution in [3.05, 3.63) is 47.4 Å². The van der Waals surface area contributed by atoms with Crippen LogP contribution in [0.1, 0.15) is 54.0 Å². The van der Waals surface area contributed by atoms with Gasteiger partial charge in [-0.1, -0.05) is 6.42 Å². The summed E-state index contributed by atoms with van der Waals surface area (Å²) in [7, 11) is 1.68. The highest BCUT2D eigenvalue weighted by atomic mass is 16.5. The minimum Gasteiger partial charge on any atom is -0.497 e. The Bertz CT molecular complexity index is 1110. The molecular weight excluding hydrogens is 402 g/mol. The number of aromatic nitrogens is 3. The molecule has 0 radical (unpaired) electrons. The van der Waals surface area contributed by atoms with Gasteiger partial charge >= 0.3 is 0 Å². The maximum Gasteiger partial charge on any atom is 0.253 e. The first-order chi connectivity index (χ1) is 15.6. The van der Waals surface area contributed by atoms with Gasteiger partial charge < -0.3 is 19.5 Å². The van der Waals surface area contributed by atoms with Gasteiger partial charge in [-0.2, -0.15) is 0 Å². The number of benzene rings is 1. The zero-order chi connectivity index (χ0) is 22.1. The Morgan fingerprint density at radius 2 is 1.84 bits per heavy atom. The molecule has 1 fully saturated rings. The highest BCUT2D eigenvalue weighted by Gasteiger charge is 2.25. The highest BCUT2D eigenvalue weighted by Crippen LogP contribution is 2.26. The second-order valence-electron chi connectivity index (χ2n) is 8.91. The first-order valence-corrected chi connectivity index (χ1v) is 11.7. The molecule has 7 heteroatoms. The fourth-order valence-corrected chi connectivity index (χ4v) is 4.93. The van der Waals surface area contributed by atoms with Crippen molar-refractivity contribution in [3.8, 4) is 5.75 Å². The quantitative estimate of drug-likeness (QED) is 0.676. The summed E-state index contributed by atoms with van der Waals surface area (Å²) in [6.07, 6.45) is 6.31. The highest BCUT2D eigenvalue weighted by molar-refractivity contribution is 6.04. The average molecular weight is 434 g/mol. The Morgan fingerprint density at radius 1 is 1.06 bits per heavy atom. The summed E-state index contributed by atoms with van der Waals surface area (Å²) in [5, 5.41) is 3.27. The third-order valence-corrected chi connectivity index (χ3v) is 6.70. The van der Waals surface area contributed by atoms with Crippen LogP contribution in [0.4, 0.5) is 5.69 Å². The lowest BCUT2D eigenvalue weighted by Gasteiger charge is -2.34. The molecule has 1 amide bonds. The number of methoxy groups -OCH3 is 1. The summed E-state index contributed by atoms with van der Waals surface area (Å²) in [6, 6.07) is 10.2. The number of fused-ring (bicyclic) bond motifs is 3. The molecule has 168 valence electrons. The number of rotatable bonds is 4. The van der Waals surface area contributed by atoms with E-state index in [0.29, 0.717) is 5.56 Å². The molecule has 2 aliphatic rings. The number of imidazole rings is 1. The lowest BCUT2D eigenvalue weighted by Crippen LogP contribution is -2.44. The molecule has 5 rings (SSSR count). The van der Waals surface area contributed by atoms with Gasteiger partial charge in [0.05, 0.1) is 12.7 Å². The number of nitrogens with one attached hydrogen (secondary N) is 1. The van der Waals surface area contributed by atoms with Gasteiger partial charge in [0, 0.05) is 43.5 Å². The first-order valence-electron chi connectivity index (χ1n) is 11.7. The number of hydrogen-bond acceptors (Lipinski definition) is 5. The molecule has 1 saturated heterocycles. The van der Waals surface area contributed by atoms with Crippen molar-refractivity contribution in [2.75, 3.05) is 25.1 Å². The van der Waals surface area contributed by atoms with E-state index in [9.17, 15) is 4.79 Å². The van der Waals surface area contributed by atoms with E-state index in [1.54, 1.807) is 7.11 Å². The summed E-state index contributed by atoms with van der Waals surface area (Å²) in [6.45, 7) is 4.73. The maximum atomic E-state index is 13.3. The molecule has 3 aromatic rings. The third-order valence-electron chi connectivity index (χ3n) is 6.70. The molecule has 2 aromatic heterocycles. The van der Waals surface area contributed by atoms with Crippen LogP contribution < -0.4 is 15.0 Å². The van der Waals surface area contributed by atoms with E-state index in [4.69, 9.17) is 14.7 Å². The number of aryl methyl sites for hydroxylation is 3. The number of pyridine rings is 1. The molecule has 32 heavy (non-hydrogen) atoms. The van der Waals surface area contributed by atoms with Crippen LogP contribution in [0.2, 0.25) is 0 Å². The Hall–Kier alpha value is -3.09. The van der Waals surface area contributed by atoms with Gasteiger partial charge in [0.1, 0.15) is 17.1 Å². The molecule has 0 unspecified atom stereocenters. The first kappa shape index (κ1) is 20.8. The molecule has 4 heterocycles. The molecular formula is C25H31N5O2. The zero-order valence-electron chi connectivity index (χ0n) is 18.9. The number of amides is 1. The number of nitrogens with zero attached hydrogens (tertiary/aromatic N) is 4. The summed E-state index contributed by atoms with van der Waals surface area (Å²) < 4.78 is 7.48. The predicted octanol–water partition coefficient (Wildman–Crippen LogP) is 3.87. The van der Waals surface area contributed by atoms with Gasteiger partial charge in [0.2, 0.25) is 0 Å². The average Bonchev–Trinajstić information content (AvgIpc) is 2.99. The van der Waals surface area contributed by atoms with Gasteiger partial charge in [-0.3, -0.25) is 4.79 Å². The van der Waals surface area contributed by atoms with Crippen LogP contribution >= 0.6 is 0 Å². The van der Waals surface area contributed by atoms with E-state index >= 15 is 0 Å². The smallest absolute Gasteiger partial charge is 0.253 e. The van der Waals surface area contributed by atoms with E-state index in [1.165, 1.54) is 12.1 Å². The van der Waals surface area contributed by atoms with Gasteiger partial charge in [0.25, 0.3) is 5.91 Å². The van der Waals surface area contributed by atoms with Crippen molar-refractivity contribution in [2.45, 2.75) is 58.0 Å².